The molecule has 0 atom stereocenters. The van der Waals surface area contributed by atoms with Crippen molar-refractivity contribution < 1.29 is 0 Å². The quantitative estimate of drug-likeness (QED) is 0.728. The highest BCUT2D eigenvalue weighted by atomic mass is 16.1. The Labute approximate surface area is 93.3 Å². The van der Waals surface area contributed by atoms with Gasteiger partial charge in [-0.3, -0.25) is 9.48 Å². The van der Waals surface area contributed by atoms with Crippen LogP contribution in [0.4, 0.5) is 0 Å². The van der Waals surface area contributed by atoms with Crippen LogP contribution < -0.4 is 5.56 Å². The monoisotopic (exact) mass is 215 g/mol. The van der Waals surface area contributed by atoms with E-state index in [-0.39, 0.29) is 11.6 Å². The van der Waals surface area contributed by atoms with E-state index in [0.29, 0.717) is 16.5 Å². The normalized spacial score (nSPS) is 10.9. The molecule has 2 aromatic rings. The van der Waals surface area contributed by atoms with E-state index in [1.165, 1.54) is 0 Å². The standard InChI is InChI=1S/C12H13N3O/c1-8(2)15-12(16)10-6-4-5-9(7-13)11(10)14(15)3/h4-6,8H,1-3H3. The van der Waals surface area contributed by atoms with Crippen molar-refractivity contribution in [1.29, 1.82) is 5.26 Å². The molecule has 4 nitrogen and oxygen atoms in total. The molecule has 0 aliphatic carbocycles. The van der Waals surface area contributed by atoms with Crippen molar-refractivity contribution >= 4 is 10.9 Å². The van der Waals surface area contributed by atoms with Crippen LogP contribution >= 0.6 is 0 Å². The Balaban J connectivity index is 3.01. The van der Waals surface area contributed by atoms with E-state index in [1.54, 1.807) is 27.6 Å². The average molecular weight is 215 g/mol. The number of fused-ring (bicyclic) bond motifs is 1. The maximum absolute atomic E-state index is 12.1. The lowest BCUT2D eigenvalue weighted by Crippen LogP contribution is -2.23. The first kappa shape index (κ1) is 10.5. The zero-order valence-corrected chi connectivity index (χ0v) is 9.56. The second-order valence-electron chi connectivity index (χ2n) is 4.08. The van der Waals surface area contributed by atoms with Gasteiger partial charge in [0, 0.05) is 13.1 Å². The molecule has 0 bridgehead atoms. The largest absolute Gasteiger partial charge is 0.283 e. The third-order valence-corrected chi connectivity index (χ3v) is 2.73. The highest BCUT2D eigenvalue weighted by molar-refractivity contribution is 5.84. The first-order valence-corrected chi connectivity index (χ1v) is 5.18. The topological polar surface area (TPSA) is 50.7 Å². The molecule has 4 heteroatoms. The fraction of sp³-hybridized carbons (Fsp3) is 0.333. The van der Waals surface area contributed by atoms with Crippen LogP contribution in [0.1, 0.15) is 25.5 Å². The van der Waals surface area contributed by atoms with E-state index in [1.807, 2.05) is 20.9 Å². The van der Waals surface area contributed by atoms with Crippen molar-refractivity contribution in [3.8, 4) is 6.07 Å². The summed E-state index contributed by atoms with van der Waals surface area (Å²) in [7, 11) is 1.81. The number of nitrogens with zero attached hydrogens (tertiary/aromatic N) is 3. The Bertz CT molecular complexity index is 641. The van der Waals surface area contributed by atoms with Gasteiger partial charge in [0.05, 0.1) is 16.5 Å². The van der Waals surface area contributed by atoms with Crippen molar-refractivity contribution in [2.24, 2.45) is 7.05 Å². The Hall–Kier alpha value is -2.02. The molecular weight excluding hydrogens is 202 g/mol. The van der Waals surface area contributed by atoms with E-state index < -0.39 is 0 Å². The molecule has 0 aliphatic rings. The Morgan fingerprint density at radius 1 is 1.38 bits per heavy atom. The minimum absolute atomic E-state index is 0.0374. The maximum Gasteiger partial charge on any atom is 0.274 e. The molecule has 82 valence electrons. The summed E-state index contributed by atoms with van der Waals surface area (Å²) in [6, 6.07) is 7.43. The molecule has 0 unspecified atom stereocenters. The molecular formula is C12H13N3O. The lowest BCUT2D eigenvalue weighted by molar-refractivity contribution is 0.447. The highest BCUT2D eigenvalue weighted by Gasteiger charge is 2.15. The van der Waals surface area contributed by atoms with Crippen LogP contribution in [-0.4, -0.2) is 9.36 Å². The molecule has 0 amide bonds. The molecule has 2 rings (SSSR count). The summed E-state index contributed by atoms with van der Waals surface area (Å²) in [5.41, 5.74) is 1.21. The minimum atomic E-state index is -0.0374. The zero-order valence-electron chi connectivity index (χ0n) is 9.56. The van der Waals surface area contributed by atoms with Crippen LogP contribution in [0.15, 0.2) is 23.0 Å². The molecule has 16 heavy (non-hydrogen) atoms. The van der Waals surface area contributed by atoms with E-state index in [0.717, 1.165) is 0 Å². The Kier molecular flexibility index (Phi) is 2.31. The van der Waals surface area contributed by atoms with Gasteiger partial charge in [0.2, 0.25) is 0 Å². The van der Waals surface area contributed by atoms with Crippen LogP contribution in [0.25, 0.3) is 10.9 Å². The third-order valence-electron chi connectivity index (χ3n) is 2.73. The van der Waals surface area contributed by atoms with Gasteiger partial charge in [0.1, 0.15) is 6.07 Å². The molecule has 0 radical (unpaired) electrons. The van der Waals surface area contributed by atoms with E-state index in [9.17, 15) is 4.79 Å². The molecule has 0 saturated heterocycles. The molecule has 0 saturated carbocycles. The fourth-order valence-electron chi connectivity index (χ4n) is 2.10. The van der Waals surface area contributed by atoms with Gasteiger partial charge in [-0.2, -0.15) is 5.26 Å². The number of rotatable bonds is 1. The number of aryl methyl sites for hydroxylation is 1. The zero-order chi connectivity index (χ0) is 11.9. The van der Waals surface area contributed by atoms with E-state index in [2.05, 4.69) is 6.07 Å². The number of hydrogen-bond acceptors (Lipinski definition) is 2. The van der Waals surface area contributed by atoms with Gasteiger partial charge in [-0.25, -0.2) is 4.68 Å². The van der Waals surface area contributed by atoms with E-state index in [4.69, 9.17) is 5.26 Å². The van der Waals surface area contributed by atoms with Crippen molar-refractivity contribution in [3.63, 3.8) is 0 Å². The highest BCUT2D eigenvalue weighted by Crippen LogP contribution is 2.17. The first-order valence-electron chi connectivity index (χ1n) is 5.18. The molecule has 0 N–H and O–H groups in total. The summed E-state index contributed by atoms with van der Waals surface area (Å²) in [5.74, 6) is 0. The van der Waals surface area contributed by atoms with Crippen molar-refractivity contribution in [2.75, 3.05) is 0 Å². The average Bonchev–Trinajstić information content (AvgIpc) is 2.51. The predicted molar refractivity (Wildman–Crippen MR) is 62.3 cm³/mol. The van der Waals surface area contributed by atoms with Gasteiger partial charge in [-0.05, 0) is 26.0 Å². The number of benzene rings is 1. The molecule has 1 aromatic carbocycles. The summed E-state index contributed by atoms with van der Waals surface area (Å²) in [6.07, 6.45) is 0. The van der Waals surface area contributed by atoms with Crippen LogP contribution in [0.3, 0.4) is 0 Å². The smallest absolute Gasteiger partial charge is 0.274 e. The van der Waals surface area contributed by atoms with Crippen LogP contribution in [0.5, 0.6) is 0 Å². The van der Waals surface area contributed by atoms with Gasteiger partial charge in [0.15, 0.2) is 0 Å². The summed E-state index contributed by atoms with van der Waals surface area (Å²) in [4.78, 5) is 12.1. The summed E-state index contributed by atoms with van der Waals surface area (Å²) in [6.45, 7) is 3.90. The lowest BCUT2D eigenvalue weighted by atomic mass is 10.1. The molecule has 0 spiro atoms. The lowest BCUT2D eigenvalue weighted by Gasteiger charge is -2.10. The van der Waals surface area contributed by atoms with Crippen molar-refractivity contribution in [2.45, 2.75) is 19.9 Å². The molecule has 1 aromatic heterocycles. The minimum Gasteiger partial charge on any atom is -0.283 e. The van der Waals surface area contributed by atoms with Gasteiger partial charge in [-0.1, -0.05) is 6.07 Å². The fourth-order valence-corrected chi connectivity index (χ4v) is 2.10. The number of aromatic nitrogens is 2. The van der Waals surface area contributed by atoms with Crippen LogP contribution in [0, 0.1) is 11.3 Å². The third kappa shape index (κ3) is 1.25. The molecule has 1 heterocycles. The summed E-state index contributed by atoms with van der Waals surface area (Å²) in [5, 5.41) is 9.63. The van der Waals surface area contributed by atoms with E-state index >= 15 is 0 Å². The SMILES string of the molecule is CC(C)n1c(=O)c2cccc(C#N)c2n1C. The summed E-state index contributed by atoms with van der Waals surface area (Å²) < 4.78 is 3.42. The van der Waals surface area contributed by atoms with Gasteiger partial charge >= 0.3 is 0 Å². The number of para-hydroxylation sites is 1. The van der Waals surface area contributed by atoms with Crippen LogP contribution in [0.2, 0.25) is 0 Å². The van der Waals surface area contributed by atoms with Gasteiger partial charge in [0.25, 0.3) is 5.56 Å². The van der Waals surface area contributed by atoms with Gasteiger partial charge in [-0.15, -0.1) is 0 Å². The summed E-state index contributed by atoms with van der Waals surface area (Å²) >= 11 is 0. The molecule has 0 fully saturated rings. The Morgan fingerprint density at radius 3 is 2.62 bits per heavy atom. The predicted octanol–water partition coefficient (Wildman–Crippen LogP) is 1.79. The number of nitriles is 1. The molecule has 0 aliphatic heterocycles. The van der Waals surface area contributed by atoms with Crippen molar-refractivity contribution in [3.05, 3.63) is 34.1 Å². The second kappa shape index (κ2) is 3.53. The first-order chi connectivity index (χ1) is 7.57. The second-order valence-corrected chi connectivity index (χ2v) is 4.08. The van der Waals surface area contributed by atoms with Crippen molar-refractivity contribution in [1.82, 2.24) is 9.36 Å². The van der Waals surface area contributed by atoms with Crippen LogP contribution in [-0.2, 0) is 7.05 Å². The number of hydrogen-bond donors (Lipinski definition) is 0. The van der Waals surface area contributed by atoms with Gasteiger partial charge < -0.3 is 0 Å². The maximum atomic E-state index is 12.1. The Morgan fingerprint density at radius 2 is 2.06 bits per heavy atom.